The molecule has 32 heavy (non-hydrogen) atoms. The molecule has 0 aliphatic carbocycles. The highest BCUT2D eigenvalue weighted by molar-refractivity contribution is 6.31. The first-order chi connectivity index (χ1) is 15.4. The zero-order valence-corrected chi connectivity index (χ0v) is 18.7. The molecule has 172 valence electrons. The Labute approximate surface area is 191 Å². The van der Waals surface area contributed by atoms with E-state index in [1.165, 1.54) is 25.3 Å². The Kier molecular flexibility index (Phi) is 8.30. The van der Waals surface area contributed by atoms with Gasteiger partial charge in [0.15, 0.2) is 11.5 Å². The molecular weight excluding hydrogens is 440 g/mol. The van der Waals surface area contributed by atoms with Crippen LogP contribution in [0.4, 0.5) is 20.2 Å². The number of ether oxygens (including phenoxy) is 2. The number of likely N-dealkylation sites (N-methyl/N-ethyl adjacent to an activating group) is 1. The molecule has 0 saturated carbocycles. The van der Waals surface area contributed by atoms with Crippen LogP contribution in [-0.2, 0) is 4.79 Å². The number of hydrogen-bond acceptors (Lipinski definition) is 5. The Morgan fingerprint density at radius 2 is 1.91 bits per heavy atom. The number of methoxy groups -OCH3 is 1. The number of carbonyl (C=O) groups is 1. The Hall–Kier alpha value is -2.84. The number of anilines is 2. The molecule has 0 spiro atoms. The number of nitrogens with zero attached hydrogens (tertiary/aromatic N) is 2. The minimum absolute atomic E-state index is 0.0733. The van der Waals surface area contributed by atoms with Crippen LogP contribution in [-0.4, -0.2) is 57.3 Å². The molecule has 0 bridgehead atoms. The summed E-state index contributed by atoms with van der Waals surface area (Å²) in [4.78, 5) is 17.2. The summed E-state index contributed by atoms with van der Waals surface area (Å²) < 4.78 is 34.4. The van der Waals surface area contributed by atoms with E-state index >= 15 is 0 Å². The molecule has 0 aromatic heterocycles. The fourth-order valence-electron chi connectivity index (χ4n) is 3.52. The SMILES string of the molecule is CCN1CCN(c2ccc(Cl)cc2NC(=O)/C=C/c2ccc(OC(F)F)c(OC)c2)CC1. The second-order valence-corrected chi connectivity index (χ2v) is 7.63. The molecule has 1 amide bonds. The maximum atomic E-state index is 12.6. The van der Waals surface area contributed by atoms with Gasteiger partial charge in [-0.1, -0.05) is 24.6 Å². The number of alkyl halides is 2. The summed E-state index contributed by atoms with van der Waals surface area (Å²) in [7, 11) is 1.36. The molecule has 2 aromatic carbocycles. The van der Waals surface area contributed by atoms with Gasteiger partial charge >= 0.3 is 6.61 Å². The van der Waals surface area contributed by atoms with Gasteiger partial charge in [-0.15, -0.1) is 0 Å². The predicted octanol–water partition coefficient (Wildman–Crippen LogP) is 4.74. The maximum Gasteiger partial charge on any atom is 0.387 e. The Bertz CT molecular complexity index is 963. The van der Waals surface area contributed by atoms with E-state index in [0.29, 0.717) is 16.3 Å². The second-order valence-electron chi connectivity index (χ2n) is 7.19. The van der Waals surface area contributed by atoms with E-state index in [1.807, 2.05) is 12.1 Å². The molecule has 1 saturated heterocycles. The van der Waals surface area contributed by atoms with E-state index in [9.17, 15) is 13.6 Å². The zero-order chi connectivity index (χ0) is 23.1. The minimum atomic E-state index is -2.95. The Morgan fingerprint density at radius 1 is 1.16 bits per heavy atom. The van der Waals surface area contributed by atoms with Gasteiger partial charge in [0.05, 0.1) is 18.5 Å². The second kappa shape index (κ2) is 11.2. The first-order valence-electron chi connectivity index (χ1n) is 10.3. The predicted molar refractivity (Wildman–Crippen MR) is 123 cm³/mol. The van der Waals surface area contributed by atoms with Crippen LogP contribution in [0.3, 0.4) is 0 Å². The third-order valence-corrected chi connectivity index (χ3v) is 5.44. The van der Waals surface area contributed by atoms with E-state index in [0.717, 1.165) is 38.4 Å². The van der Waals surface area contributed by atoms with Crippen molar-refractivity contribution in [3.63, 3.8) is 0 Å². The van der Waals surface area contributed by atoms with E-state index in [1.54, 1.807) is 18.2 Å². The van der Waals surface area contributed by atoms with Gasteiger partial charge in [-0.2, -0.15) is 8.78 Å². The van der Waals surface area contributed by atoms with Crippen molar-refractivity contribution in [1.29, 1.82) is 0 Å². The average molecular weight is 466 g/mol. The lowest BCUT2D eigenvalue weighted by atomic mass is 10.1. The number of hydrogen-bond donors (Lipinski definition) is 1. The smallest absolute Gasteiger partial charge is 0.387 e. The molecule has 1 fully saturated rings. The van der Waals surface area contributed by atoms with Crippen LogP contribution >= 0.6 is 11.6 Å². The van der Waals surface area contributed by atoms with Gasteiger partial charge in [-0.05, 0) is 48.5 Å². The molecule has 1 N–H and O–H groups in total. The summed E-state index contributed by atoms with van der Waals surface area (Å²) in [5.74, 6) is -0.264. The fourth-order valence-corrected chi connectivity index (χ4v) is 3.69. The van der Waals surface area contributed by atoms with E-state index < -0.39 is 6.61 Å². The maximum absolute atomic E-state index is 12.6. The van der Waals surface area contributed by atoms with E-state index in [2.05, 4.69) is 26.8 Å². The summed E-state index contributed by atoms with van der Waals surface area (Å²) in [5.41, 5.74) is 2.15. The summed E-state index contributed by atoms with van der Waals surface area (Å²) >= 11 is 6.17. The number of carbonyl (C=O) groups excluding carboxylic acids is 1. The largest absolute Gasteiger partial charge is 0.493 e. The molecular formula is C23H26ClF2N3O3. The van der Waals surface area contributed by atoms with Crippen molar-refractivity contribution in [2.24, 2.45) is 0 Å². The zero-order valence-electron chi connectivity index (χ0n) is 18.0. The highest BCUT2D eigenvalue weighted by atomic mass is 35.5. The standard InChI is InChI=1S/C23H26ClF2N3O3/c1-3-28-10-12-29(13-11-28)19-7-6-17(24)15-18(19)27-22(30)9-5-16-4-8-20(32-23(25)26)21(14-16)31-2/h4-9,14-15,23H,3,10-13H2,1-2H3,(H,27,30)/b9-5+. The number of piperazine rings is 1. The van der Waals surface area contributed by atoms with Gasteiger partial charge < -0.3 is 24.6 Å². The van der Waals surface area contributed by atoms with Crippen LogP contribution < -0.4 is 19.7 Å². The van der Waals surface area contributed by atoms with Gasteiger partial charge in [0, 0.05) is 37.3 Å². The van der Waals surface area contributed by atoms with Crippen LogP contribution in [0.2, 0.25) is 5.02 Å². The van der Waals surface area contributed by atoms with Crippen molar-refractivity contribution in [3.05, 3.63) is 53.1 Å². The van der Waals surface area contributed by atoms with Crippen LogP contribution in [0.1, 0.15) is 12.5 Å². The number of benzene rings is 2. The third-order valence-electron chi connectivity index (χ3n) is 5.21. The lowest BCUT2D eigenvalue weighted by Crippen LogP contribution is -2.46. The summed E-state index contributed by atoms with van der Waals surface area (Å²) in [6.45, 7) is 3.85. The lowest BCUT2D eigenvalue weighted by Gasteiger charge is -2.36. The Morgan fingerprint density at radius 3 is 2.56 bits per heavy atom. The average Bonchev–Trinajstić information content (AvgIpc) is 2.78. The topological polar surface area (TPSA) is 54.0 Å². The summed E-state index contributed by atoms with van der Waals surface area (Å²) in [5, 5.41) is 3.42. The number of amides is 1. The molecule has 1 aliphatic heterocycles. The molecule has 1 aliphatic rings. The van der Waals surface area contributed by atoms with E-state index in [4.69, 9.17) is 16.3 Å². The molecule has 0 unspecified atom stereocenters. The molecule has 0 atom stereocenters. The first-order valence-corrected chi connectivity index (χ1v) is 10.7. The normalized spacial score (nSPS) is 14.8. The van der Waals surface area contributed by atoms with Crippen LogP contribution in [0.5, 0.6) is 11.5 Å². The van der Waals surface area contributed by atoms with E-state index in [-0.39, 0.29) is 17.4 Å². The van der Waals surface area contributed by atoms with Crippen LogP contribution in [0.25, 0.3) is 6.08 Å². The molecule has 6 nitrogen and oxygen atoms in total. The van der Waals surface area contributed by atoms with Gasteiger partial charge in [0.1, 0.15) is 0 Å². The lowest BCUT2D eigenvalue weighted by molar-refractivity contribution is -0.111. The Balaban J connectivity index is 1.71. The van der Waals surface area contributed by atoms with Crippen molar-refractivity contribution in [2.75, 3.05) is 50.1 Å². The number of nitrogens with one attached hydrogen (secondary N) is 1. The van der Waals surface area contributed by atoms with Crippen molar-refractivity contribution >= 4 is 35.0 Å². The van der Waals surface area contributed by atoms with Crippen LogP contribution in [0, 0.1) is 0 Å². The summed E-state index contributed by atoms with van der Waals surface area (Å²) in [6, 6.07) is 9.89. The molecule has 0 radical (unpaired) electrons. The summed E-state index contributed by atoms with van der Waals surface area (Å²) in [6.07, 6.45) is 2.93. The van der Waals surface area contributed by atoms with Gasteiger partial charge in [0.2, 0.25) is 5.91 Å². The fraction of sp³-hybridized carbons (Fsp3) is 0.348. The van der Waals surface area contributed by atoms with Crippen molar-refractivity contribution in [3.8, 4) is 11.5 Å². The van der Waals surface area contributed by atoms with Crippen molar-refractivity contribution < 1.29 is 23.0 Å². The molecule has 1 heterocycles. The monoisotopic (exact) mass is 465 g/mol. The van der Waals surface area contributed by atoms with Crippen molar-refractivity contribution in [1.82, 2.24) is 4.90 Å². The van der Waals surface area contributed by atoms with Gasteiger partial charge in [0.25, 0.3) is 0 Å². The third kappa shape index (κ3) is 6.34. The number of rotatable bonds is 8. The van der Waals surface area contributed by atoms with Crippen LogP contribution in [0.15, 0.2) is 42.5 Å². The minimum Gasteiger partial charge on any atom is -0.493 e. The quantitative estimate of drug-likeness (QED) is 0.570. The van der Waals surface area contributed by atoms with Gasteiger partial charge in [-0.3, -0.25) is 4.79 Å². The van der Waals surface area contributed by atoms with Crippen molar-refractivity contribution in [2.45, 2.75) is 13.5 Å². The molecule has 3 rings (SSSR count). The first kappa shape index (κ1) is 23.8. The highest BCUT2D eigenvalue weighted by Gasteiger charge is 2.19. The molecule has 2 aromatic rings. The molecule has 9 heteroatoms. The highest BCUT2D eigenvalue weighted by Crippen LogP contribution is 2.31. The number of halogens is 3. The van der Waals surface area contributed by atoms with Gasteiger partial charge in [-0.25, -0.2) is 0 Å².